The Kier molecular flexibility index (Phi) is 2.50. The highest BCUT2D eigenvalue weighted by molar-refractivity contribution is 5.62. The Morgan fingerprint density at radius 2 is 2.47 bits per heavy atom. The van der Waals surface area contributed by atoms with Gasteiger partial charge in [-0.2, -0.15) is 5.26 Å². The summed E-state index contributed by atoms with van der Waals surface area (Å²) in [5, 5.41) is 12.8. The quantitative estimate of drug-likeness (QED) is 0.750. The number of nitrogens with zero attached hydrogens (tertiary/aromatic N) is 3. The molecule has 1 atom stereocenters. The van der Waals surface area contributed by atoms with Gasteiger partial charge in [-0.1, -0.05) is 12.1 Å². The number of hydrogen-bond donors (Lipinski definition) is 1. The standard InChI is InChI=1S/C10H14N4O/c1-7-3-2-4-14(6-7)10-8(5-11)9(12)15-13-10/h7H,2-4,6,12H2,1H3. The predicted molar refractivity (Wildman–Crippen MR) is 56.2 cm³/mol. The van der Waals surface area contributed by atoms with Crippen molar-refractivity contribution in [1.29, 1.82) is 5.26 Å². The average molecular weight is 206 g/mol. The number of nitrogens with two attached hydrogens (primary N) is 1. The smallest absolute Gasteiger partial charge is 0.242 e. The van der Waals surface area contributed by atoms with Crippen LogP contribution in [0.4, 0.5) is 11.7 Å². The van der Waals surface area contributed by atoms with E-state index in [0.717, 1.165) is 19.5 Å². The van der Waals surface area contributed by atoms with Gasteiger partial charge >= 0.3 is 0 Å². The molecule has 2 rings (SSSR count). The molecule has 2 N–H and O–H groups in total. The predicted octanol–water partition coefficient (Wildman–Crippen LogP) is 1.36. The maximum atomic E-state index is 8.93. The molecule has 0 saturated carbocycles. The van der Waals surface area contributed by atoms with Gasteiger partial charge in [0.05, 0.1) is 0 Å². The van der Waals surface area contributed by atoms with E-state index >= 15 is 0 Å². The molecular weight excluding hydrogens is 192 g/mol. The molecule has 80 valence electrons. The molecule has 1 fully saturated rings. The highest BCUT2D eigenvalue weighted by Gasteiger charge is 2.23. The Labute approximate surface area is 88.4 Å². The average Bonchev–Trinajstić information content (AvgIpc) is 2.59. The molecule has 0 aliphatic carbocycles. The van der Waals surface area contributed by atoms with Gasteiger partial charge < -0.3 is 15.2 Å². The summed E-state index contributed by atoms with van der Waals surface area (Å²) in [7, 11) is 0. The summed E-state index contributed by atoms with van der Waals surface area (Å²) >= 11 is 0. The van der Waals surface area contributed by atoms with E-state index in [1.54, 1.807) is 0 Å². The van der Waals surface area contributed by atoms with E-state index in [1.165, 1.54) is 6.42 Å². The summed E-state index contributed by atoms with van der Waals surface area (Å²) in [4.78, 5) is 2.08. The first-order chi connectivity index (χ1) is 7.22. The summed E-state index contributed by atoms with van der Waals surface area (Å²) < 4.78 is 4.84. The van der Waals surface area contributed by atoms with Crippen LogP contribution < -0.4 is 10.6 Å². The second-order valence-electron chi connectivity index (χ2n) is 4.05. The van der Waals surface area contributed by atoms with E-state index in [0.29, 0.717) is 17.3 Å². The number of nitrogen functional groups attached to an aromatic ring is 1. The number of aromatic nitrogens is 1. The zero-order chi connectivity index (χ0) is 10.8. The Bertz CT molecular complexity index is 393. The summed E-state index contributed by atoms with van der Waals surface area (Å²) in [5.74, 6) is 1.34. The largest absolute Gasteiger partial charge is 0.366 e. The molecule has 1 unspecified atom stereocenters. The Hall–Kier alpha value is -1.70. The normalized spacial score (nSPS) is 21.3. The topological polar surface area (TPSA) is 79.1 Å². The lowest BCUT2D eigenvalue weighted by Crippen LogP contribution is -2.34. The number of hydrogen-bond acceptors (Lipinski definition) is 5. The summed E-state index contributed by atoms with van der Waals surface area (Å²) in [6, 6.07) is 2.03. The lowest BCUT2D eigenvalue weighted by Gasteiger charge is -2.30. The highest BCUT2D eigenvalue weighted by atomic mass is 16.5. The molecule has 0 bridgehead atoms. The Morgan fingerprint density at radius 1 is 1.67 bits per heavy atom. The number of piperidine rings is 1. The van der Waals surface area contributed by atoms with Gasteiger partial charge in [-0.05, 0) is 18.8 Å². The van der Waals surface area contributed by atoms with Crippen LogP contribution in [0.3, 0.4) is 0 Å². The second kappa shape index (κ2) is 3.81. The van der Waals surface area contributed by atoms with Crippen molar-refractivity contribution >= 4 is 11.7 Å². The van der Waals surface area contributed by atoms with Crippen LogP contribution >= 0.6 is 0 Å². The molecule has 2 heterocycles. The third-order valence-corrected chi connectivity index (χ3v) is 2.77. The van der Waals surface area contributed by atoms with Crippen molar-refractivity contribution in [2.75, 3.05) is 23.7 Å². The molecule has 5 nitrogen and oxygen atoms in total. The van der Waals surface area contributed by atoms with Gasteiger partial charge in [-0.15, -0.1) is 0 Å². The minimum atomic E-state index is 0.116. The van der Waals surface area contributed by atoms with Crippen molar-refractivity contribution < 1.29 is 4.52 Å². The van der Waals surface area contributed by atoms with Crippen LogP contribution in [0.2, 0.25) is 0 Å². The molecule has 15 heavy (non-hydrogen) atoms. The van der Waals surface area contributed by atoms with Crippen molar-refractivity contribution in [3.63, 3.8) is 0 Å². The number of rotatable bonds is 1. The van der Waals surface area contributed by atoms with E-state index in [1.807, 2.05) is 6.07 Å². The molecule has 0 spiro atoms. The van der Waals surface area contributed by atoms with Gasteiger partial charge in [0.25, 0.3) is 0 Å². The van der Waals surface area contributed by atoms with E-state index in [2.05, 4.69) is 17.0 Å². The lowest BCUT2D eigenvalue weighted by molar-refractivity contribution is 0.414. The van der Waals surface area contributed by atoms with Crippen LogP contribution in [0.25, 0.3) is 0 Å². The minimum absolute atomic E-state index is 0.116. The monoisotopic (exact) mass is 206 g/mol. The van der Waals surface area contributed by atoms with Gasteiger partial charge in [0.2, 0.25) is 5.88 Å². The molecule has 1 aliphatic rings. The maximum absolute atomic E-state index is 8.93. The zero-order valence-corrected chi connectivity index (χ0v) is 8.73. The van der Waals surface area contributed by atoms with Crippen LogP contribution in [0.5, 0.6) is 0 Å². The fourth-order valence-electron chi connectivity index (χ4n) is 2.00. The van der Waals surface area contributed by atoms with Crippen LogP contribution in [0.1, 0.15) is 25.3 Å². The van der Waals surface area contributed by atoms with Gasteiger partial charge in [0.15, 0.2) is 11.4 Å². The Morgan fingerprint density at radius 3 is 3.13 bits per heavy atom. The van der Waals surface area contributed by atoms with Crippen molar-refractivity contribution in [2.24, 2.45) is 5.92 Å². The fraction of sp³-hybridized carbons (Fsp3) is 0.600. The van der Waals surface area contributed by atoms with Gasteiger partial charge in [-0.3, -0.25) is 0 Å². The third-order valence-electron chi connectivity index (χ3n) is 2.77. The fourth-order valence-corrected chi connectivity index (χ4v) is 2.00. The van der Waals surface area contributed by atoms with E-state index in [-0.39, 0.29) is 5.88 Å². The molecule has 0 radical (unpaired) electrons. The molecular formula is C10H14N4O. The highest BCUT2D eigenvalue weighted by Crippen LogP contribution is 2.27. The molecule has 1 aliphatic heterocycles. The van der Waals surface area contributed by atoms with Gasteiger partial charge in [-0.25, -0.2) is 0 Å². The summed E-state index contributed by atoms with van der Waals surface area (Å²) in [5.41, 5.74) is 5.88. The molecule has 1 aromatic heterocycles. The van der Waals surface area contributed by atoms with Crippen molar-refractivity contribution in [2.45, 2.75) is 19.8 Å². The van der Waals surface area contributed by atoms with Crippen LogP contribution in [-0.4, -0.2) is 18.2 Å². The van der Waals surface area contributed by atoms with Crippen LogP contribution in [-0.2, 0) is 0 Å². The molecule has 0 amide bonds. The lowest BCUT2D eigenvalue weighted by atomic mass is 10.0. The molecule has 1 saturated heterocycles. The van der Waals surface area contributed by atoms with Crippen molar-refractivity contribution in [1.82, 2.24) is 5.16 Å². The van der Waals surface area contributed by atoms with Gasteiger partial charge in [0.1, 0.15) is 6.07 Å². The van der Waals surface area contributed by atoms with Crippen molar-refractivity contribution in [3.8, 4) is 6.07 Å². The number of anilines is 2. The molecule has 5 heteroatoms. The first kappa shape index (κ1) is 9.84. The second-order valence-corrected chi connectivity index (χ2v) is 4.05. The zero-order valence-electron chi connectivity index (χ0n) is 8.73. The van der Waals surface area contributed by atoms with Crippen LogP contribution in [0, 0.1) is 17.2 Å². The Balaban J connectivity index is 2.25. The third kappa shape index (κ3) is 1.75. The van der Waals surface area contributed by atoms with Crippen molar-refractivity contribution in [3.05, 3.63) is 5.56 Å². The maximum Gasteiger partial charge on any atom is 0.242 e. The van der Waals surface area contributed by atoms with Crippen LogP contribution in [0.15, 0.2) is 4.52 Å². The summed E-state index contributed by atoms with van der Waals surface area (Å²) in [6.07, 6.45) is 2.35. The van der Waals surface area contributed by atoms with Gasteiger partial charge in [0, 0.05) is 13.1 Å². The molecule has 1 aromatic rings. The summed E-state index contributed by atoms with van der Waals surface area (Å²) in [6.45, 7) is 4.04. The SMILES string of the molecule is CC1CCCN(c2noc(N)c2C#N)C1. The van der Waals surface area contributed by atoms with E-state index in [9.17, 15) is 0 Å². The first-order valence-corrected chi connectivity index (χ1v) is 5.12. The minimum Gasteiger partial charge on any atom is -0.366 e. The number of nitriles is 1. The molecule has 0 aromatic carbocycles. The first-order valence-electron chi connectivity index (χ1n) is 5.12. The van der Waals surface area contributed by atoms with E-state index in [4.69, 9.17) is 15.5 Å². The van der Waals surface area contributed by atoms with E-state index < -0.39 is 0 Å².